The maximum atomic E-state index is 4.17. The SMILES string of the molecule is Sc1ccc(CI)cc1. The molecule has 0 nitrogen and oxygen atoms in total. The third-order valence-corrected chi connectivity index (χ3v) is 2.27. The molecule has 0 unspecified atom stereocenters. The number of hydrogen-bond donors (Lipinski definition) is 1. The van der Waals surface area contributed by atoms with Gasteiger partial charge in [0.05, 0.1) is 0 Å². The lowest BCUT2D eigenvalue weighted by Crippen LogP contribution is -1.73. The Morgan fingerprint density at radius 1 is 1.22 bits per heavy atom. The Hall–Kier alpha value is 0.300. The van der Waals surface area contributed by atoms with E-state index in [2.05, 4.69) is 47.4 Å². The molecule has 1 rings (SSSR count). The summed E-state index contributed by atoms with van der Waals surface area (Å²) in [6.45, 7) is 0. The fraction of sp³-hybridized carbons (Fsp3) is 0.143. The molecular weight excluding hydrogens is 243 g/mol. The van der Waals surface area contributed by atoms with Crippen LogP contribution >= 0.6 is 35.2 Å². The summed E-state index contributed by atoms with van der Waals surface area (Å²) >= 11 is 6.51. The van der Waals surface area contributed by atoms with Crippen molar-refractivity contribution in [2.45, 2.75) is 9.32 Å². The highest BCUT2D eigenvalue weighted by molar-refractivity contribution is 14.1. The molecule has 0 atom stereocenters. The van der Waals surface area contributed by atoms with Crippen molar-refractivity contribution in [3.8, 4) is 0 Å². The first-order valence-corrected chi connectivity index (χ1v) is 4.64. The van der Waals surface area contributed by atoms with Crippen molar-refractivity contribution < 1.29 is 0 Å². The van der Waals surface area contributed by atoms with Crippen LogP contribution in [0.2, 0.25) is 0 Å². The Labute approximate surface area is 74.2 Å². The Bertz CT molecular complexity index is 181. The first kappa shape index (κ1) is 7.41. The molecule has 0 spiro atoms. The van der Waals surface area contributed by atoms with Crippen LogP contribution in [0.15, 0.2) is 29.2 Å². The maximum Gasteiger partial charge on any atom is 0.0247 e. The molecule has 0 N–H and O–H groups in total. The predicted molar refractivity (Wildman–Crippen MR) is 51.4 cm³/mol. The Morgan fingerprint density at radius 3 is 2.22 bits per heavy atom. The van der Waals surface area contributed by atoms with Crippen LogP contribution < -0.4 is 0 Å². The van der Waals surface area contributed by atoms with Crippen LogP contribution in [0.4, 0.5) is 0 Å². The third-order valence-electron chi connectivity index (χ3n) is 1.09. The molecule has 0 fully saturated rings. The van der Waals surface area contributed by atoms with Crippen molar-refractivity contribution in [2.24, 2.45) is 0 Å². The lowest BCUT2D eigenvalue weighted by atomic mass is 10.2. The number of hydrogen-bond acceptors (Lipinski definition) is 1. The third kappa shape index (κ3) is 2.18. The van der Waals surface area contributed by atoms with E-state index < -0.39 is 0 Å². The van der Waals surface area contributed by atoms with Gasteiger partial charge in [0.25, 0.3) is 0 Å². The molecule has 0 aromatic heterocycles. The van der Waals surface area contributed by atoms with Crippen LogP contribution in [0, 0.1) is 0 Å². The Morgan fingerprint density at radius 2 is 1.78 bits per heavy atom. The summed E-state index contributed by atoms with van der Waals surface area (Å²) < 4.78 is 1.08. The zero-order valence-electron chi connectivity index (χ0n) is 4.84. The molecular formula is C7H7IS. The number of benzene rings is 1. The van der Waals surface area contributed by atoms with E-state index in [9.17, 15) is 0 Å². The van der Waals surface area contributed by atoms with Crippen molar-refractivity contribution in [1.29, 1.82) is 0 Å². The summed E-state index contributed by atoms with van der Waals surface area (Å²) in [6, 6.07) is 8.21. The highest BCUT2D eigenvalue weighted by Gasteiger charge is 1.86. The number of alkyl halides is 1. The molecule has 0 saturated heterocycles. The second-order valence-corrected chi connectivity index (χ2v) is 3.08. The lowest BCUT2D eigenvalue weighted by molar-refractivity contribution is 1.38. The van der Waals surface area contributed by atoms with Crippen molar-refractivity contribution in [2.75, 3.05) is 0 Å². The van der Waals surface area contributed by atoms with Gasteiger partial charge in [-0.15, -0.1) is 12.6 Å². The van der Waals surface area contributed by atoms with Gasteiger partial charge in [0, 0.05) is 9.32 Å². The minimum Gasteiger partial charge on any atom is -0.143 e. The summed E-state index contributed by atoms with van der Waals surface area (Å²) in [4.78, 5) is 1.03. The highest BCUT2D eigenvalue weighted by Crippen LogP contribution is 2.09. The molecule has 48 valence electrons. The number of halogens is 1. The van der Waals surface area contributed by atoms with Crippen molar-refractivity contribution >= 4 is 35.2 Å². The van der Waals surface area contributed by atoms with E-state index in [-0.39, 0.29) is 0 Å². The summed E-state index contributed by atoms with van der Waals surface area (Å²) in [5.74, 6) is 0. The average molecular weight is 250 g/mol. The van der Waals surface area contributed by atoms with Crippen LogP contribution in [-0.4, -0.2) is 0 Å². The van der Waals surface area contributed by atoms with E-state index in [1.807, 2.05) is 12.1 Å². The van der Waals surface area contributed by atoms with Gasteiger partial charge < -0.3 is 0 Å². The first-order valence-electron chi connectivity index (χ1n) is 2.67. The van der Waals surface area contributed by atoms with Gasteiger partial charge in [-0.2, -0.15) is 0 Å². The molecule has 1 aromatic carbocycles. The zero-order valence-corrected chi connectivity index (χ0v) is 7.89. The van der Waals surface area contributed by atoms with E-state index >= 15 is 0 Å². The molecule has 0 amide bonds. The van der Waals surface area contributed by atoms with Crippen molar-refractivity contribution in [3.63, 3.8) is 0 Å². The van der Waals surface area contributed by atoms with E-state index in [4.69, 9.17) is 0 Å². The molecule has 0 heterocycles. The van der Waals surface area contributed by atoms with Gasteiger partial charge in [-0.25, -0.2) is 0 Å². The lowest BCUT2D eigenvalue weighted by Gasteiger charge is -1.93. The van der Waals surface area contributed by atoms with Crippen molar-refractivity contribution in [3.05, 3.63) is 29.8 Å². The molecule has 1 aromatic rings. The molecule has 9 heavy (non-hydrogen) atoms. The molecule has 0 bridgehead atoms. The topological polar surface area (TPSA) is 0 Å². The first-order chi connectivity index (χ1) is 4.33. The number of thiol groups is 1. The molecule has 2 heteroatoms. The van der Waals surface area contributed by atoms with Crippen LogP contribution in [0.25, 0.3) is 0 Å². The molecule has 0 aliphatic rings. The van der Waals surface area contributed by atoms with Gasteiger partial charge >= 0.3 is 0 Å². The van der Waals surface area contributed by atoms with Crippen molar-refractivity contribution in [1.82, 2.24) is 0 Å². The summed E-state index contributed by atoms with van der Waals surface area (Å²) in [7, 11) is 0. The quantitative estimate of drug-likeness (QED) is 0.442. The molecule has 0 aliphatic heterocycles. The van der Waals surface area contributed by atoms with Crippen LogP contribution in [0.5, 0.6) is 0 Å². The summed E-state index contributed by atoms with van der Waals surface area (Å²) in [5.41, 5.74) is 1.36. The fourth-order valence-corrected chi connectivity index (χ4v) is 1.24. The number of rotatable bonds is 1. The molecule has 0 saturated carbocycles. The summed E-state index contributed by atoms with van der Waals surface area (Å²) in [5, 5.41) is 0. The molecule has 0 aliphatic carbocycles. The van der Waals surface area contributed by atoms with Gasteiger partial charge in [-0.3, -0.25) is 0 Å². The maximum absolute atomic E-state index is 4.17. The van der Waals surface area contributed by atoms with Gasteiger partial charge in [0.15, 0.2) is 0 Å². The second kappa shape index (κ2) is 3.46. The highest BCUT2D eigenvalue weighted by atomic mass is 127. The van der Waals surface area contributed by atoms with Gasteiger partial charge in [-0.05, 0) is 17.7 Å². The fourth-order valence-electron chi connectivity index (χ4n) is 0.585. The Balaban J connectivity index is 2.88. The van der Waals surface area contributed by atoms with Crippen LogP contribution in [0.1, 0.15) is 5.56 Å². The Kier molecular flexibility index (Phi) is 2.85. The second-order valence-electron chi connectivity index (χ2n) is 1.80. The normalized spacial score (nSPS) is 9.56. The summed E-state index contributed by atoms with van der Waals surface area (Å²) in [6.07, 6.45) is 0. The van der Waals surface area contributed by atoms with Crippen LogP contribution in [0.3, 0.4) is 0 Å². The van der Waals surface area contributed by atoms with E-state index in [1.165, 1.54) is 5.56 Å². The minimum atomic E-state index is 1.03. The largest absolute Gasteiger partial charge is 0.143 e. The van der Waals surface area contributed by atoms with Gasteiger partial charge in [0.1, 0.15) is 0 Å². The minimum absolute atomic E-state index is 1.03. The predicted octanol–water partition coefficient (Wildman–Crippen LogP) is 2.91. The molecule has 0 radical (unpaired) electrons. The average Bonchev–Trinajstić information content (AvgIpc) is 1.90. The van der Waals surface area contributed by atoms with Gasteiger partial charge in [0.2, 0.25) is 0 Å². The van der Waals surface area contributed by atoms with E-state index in [0.29, 0.717) is 0 Å². The standard InChI is InChI=1S/C7H7IS/c8-5-6-1-3-7(9)4-2-6/h1-4,9H,5H2. The van der Waals surface area contributed by atoms with E-state index in [0.717, 1.165) is 9.32 Å². The van der Waals surface area contributed by atoms with Crippen LogP contribution in [-0.2, 0) is 4.43 Å². The van der Waals surface area contributed by atoms with Gasteiger partial charge in [-0.1, -0.05) is 34.7 Å². The van der Waals surface area contributed by atoms with E-state index in [1.54, 1.807) is 0 Å². The monoisotopic (exact) mass is 250 g/mol. The smallest absolute Gasteiger partial charge is 0.0247 e. The zero-order chi connectivity index (χ0) is 6.69.